The Bertz CT molecular complexity index is 820. The number of thiazole rings is 1. The second-order valence-corrected chi connectivity index (χ2v) is 6.18. The number of hydrogen-bond acceptors (Lipinski definition) is 5. The van der Waals surface area contributed by atoms with Gasteiger partial charge in [0, 0.05) is 12.1 Å². The van der Waals surface area contributed by atoms with E-state index in [1.807, 2.05) is 0 Å². The van der Waals surface area contributed by atoms with Crippen LogP contribution in [0.25, 0.3) is 0 Å². The molecule has 2 N–H and O–H groups in total. The molecule has 0 aliphatic carbocycles. The third-order valence-electron chi connectivity index (χ3n) is 3.33. The van der Waals surface area contributed by atoms with E-state index < -0.39 is 18.0 Å². The van der Waals surface area contributed by atoms with Gasteiger partial charge in [0.25, 0.3) is 11.8 Å². The predicted octanol–water partition coefficient (Wildman–Crippen LogP) is 2.97. The van der Waals surface area contributed by atoms with Crippen LogP contribution in [0.1, 0.15) is 32.1 Å². The summed E-state index contributed by atoms with van der Waals surface area (Å²) in [6.07, 6.45) is -3.49. The van der Waals surface area contributed by atoms with Gasteiger partial charge in [0.1, 0.15) is 10.6 Å². The van der Waals surface area contributed by atoms with Crippen molar-refractivity contribution in [3.63, 3.8) is 0 Å². The zero-order chi connectivity index (χ0) is 18.0. The monoisotopic (exact) mass is 371 g/mol. The van der Waals surface area contributed by atoms with Crippen molar-refractivity contribution in [1.82, 2.24) is 10.3 Å². The fourth-order valence-corrected chi connectivity index (χ4v) is 3.22. The minimum absolute atomic E-state index is 0.0170. The molecule has 1 aliphatic rings. The molecule has 0 saturated carbocycles. The minimum Gasteiger partial charge on any atom is -0.406 e. The van der Waals surface area contributed by atoms with E-state index in [0.29, 0.717) is 23.5 Å². The van der Waals surface area contributed by atoms with Gasteiger partial charge in [0.15, 0.2) is 5.13 Å². The normalized spacial score (nSPS) is 14.3. The molecule has 0 atom stereocenters. The highest BCUT2D eigenvalue weighted by Gasteiger charge is 2.31. The summed E-state index contributed by atoms with van der Waals surface area (Å²) in [4.78, 5) is 28.7. The first-order chi connectivity index (χ1) is 11.8. The number of hydrogen-bond donors (Lipinski definition) is 2. The van der Waals surface area contributed by atoms with Crippen LogP contribution < -0.4 is 15.4 Å². The fraction of sp³-hybridized carbons (Fsp3) is 0.267. The van der Waals surface area contributed by atoms with Crippen LogP contribution in [0.15, 0.2) is 24.3 Å². The number of carbonyl (C=O) groups is 2. The van der Waals surface area contributed by atoms with Crippen molar-refractivity contribution in [2.45, 2.75) is 19.2 Å². The zero-order valence-electron chi connectivity index (χ0n) is 12.6. The summed E-state index contributed by atoms with van der Waals surface area (Å²) < 4.78 is 40.5. The number of ether oxygens (including phenoxy) is 1. The lowest BCUT2D eigenvalue weighted by molar-refractivity contribution is -0.274. The van der Waals surface area contributed by atoms with Gasteiger partial charge < -0.3 is 10.1 Å². The Hall–Kier alpha value is -2.62. The number of fused-ring (bicyclic) bond motifs is 1. The number of nitrogens with one attached hydrogen (secondary N) is 2. The van der Waals surface area contributed by atoms with E-state index in [9.17, 15) is 22.8 Å². The lowest BCUT2D eigenvalue weighted by Gasteiger charge is -2.09. The molecule has 1 aromatic carbocycles. The predicted molar refractivity (Wildman–Crippen MR) is 83.8 cm³/mol. The second kappa shape index (κ2) is 6.71. The fourth-order valence-electron chi connectivity index (χ4n) is 2.29. The van der Waals surface area contributed by atoms with Crippen LogP contribution >= 0.6 is 11.3 Å². The summed E-state index contributed by atoms with van der Waals surface area (Å²) in [7, 11) is 0. The van der Waals surface area contributed by atoms with Gasteiger partial charge in [-0.15, -0.1) is 13.2 Å². The van der Waals surface area contributed by atoms with E-state index in [0.717, 1.165) is 29.9 Å². The van der Waals surface area contributed by atoms with Crippen molar-refractivity contribution in [3.8, 4) is 5.75 Å². The first-order valence-electron chi connectivity index (χ1n) is 7.27. The van der Waals surface area contributed by atoms with Crippen molar-refractivity contribution in [2.24, 2.45) is 0 Å². The molecule has 0 spiro atoms. The molecule has 0 radical (unpaired) electrons. The van der Waals surface area contributed by atoms with E-state index in [1.54, 1.807) is 0 Å². The number of rotatable bonds is 3. The summed E-state index contributed by atoms with van der Waals surface area (Å²) >= 11 is 1.03. The first-order valence-corrected chi connectivity index (χ1v) is 8.08. The van der Waals surface area contributed by atoms with Crippen LogP contribution in [0.2, 0.25) is 0 Å². The molecular weight excluding hydrogens is 359 g/mol. The van der Waals surface area contributed by atoms with Gasteiger partial charge in [-0.05, 0) is 31.0 Å². The van der Waals surface area contributed by atoms with Crippen LogP contribution in [0.4, 0.5) is 18.3 Å². The van der Waals surface area contributed by atoms with Crippen LogP contribution in [-0.4, -0.2) is 29.7 Å². The van der Waals surface area contributed by atoms with Gasteiger partial charge in [0.2, 0.25) is 0 Å². The van der Waals surface area contributed by atoms with E-state index in [1.165, 1.54) is 12.1 Å². The maximum atomic E-state index is 12.3. The Morgan fingerprint density at radius 3 is 2.92 bits per heavy atom. The Morgan fingerprint density at radius 2 is 2.16 bits per heavy atom. The third-order valence-corrected chi connectivity index (χ3v) is 4.34. The number of aromatic nitrogens is 1. The number of benzene rings is 1. The lowest BCUT2D eigenvalue weighted by Crippen LogP contribution is -2.21. The van der Waals surface area contributed by atoms with Crippen LogP contribution in [0.5, 0.6) is 5.75 Å². The number of halogens is 3. The summed E-state index contributed by atoms with van der Waals surface area (Å²) in [5, 5.41) is 5.44. The molecule has 1 aromatic heterocycles. The average molecular weight is 371 g/mol. The topological polar surface area (TPSA) is 80.3 Å². The average Bonchev–Trinajstić information content (AvgIpc) is 2.85. The number of anilines is 1. The van der Waals surface area contributed by atoms with Gasteiger partial charge in [0.05, 0.1) is 5.69 Å². The molecule has 3 rings (SSSR count). The molecule has 2 heterocycles. The van der Waals surface area contributed by atoms with E-state index in [4.69, 9.17) is 0 Å². The van der Waals surface area contributed by atoms with Crippen molar-refractivity contribution in [3.05, 3.63) is 40.4 Å². The van der Waals surface area contributed by atoms with E-state index >= 15 is 0 Å². The molecule has 0 bridgehead atoms. The molecule has 0 saturated heterocycles. The van der Waals surface area contributed by atoms with Crippen molar-refractivity contribution in [1.29, 1.82) is 0 Å². The molecule has 6 nitrogen and oxygen atoms in total. The highest BCUT2D eigenvalue weighted by atomic mass is 32.1. The molecule has 1 aliphatic heterocycles. The molecule has 10 heteroatoms. The summed E-state index contributed by atoms with van der Waals surface area (Å²) in [5.74, 6) is -1.38. The number of alkyl halides is 3. The number of aryl methyl sites for hydroxylation is 1. The van der Waals surface area contributed by atoms with Crippen molar-refractivity contribution >= 4 is 28.3 Å². The van der Waals surface area contributed by atoms with Gasteiger partial charge in [-0.1, -0.05) is 17.4 Å². The standard InChI is InChI=1S/C15H12F3N3O3S/c16-15(17,18)24-9-4-1-3-8(7-9)12(22)21-14-20-10-5-2-6-19-13(23)11(10)25-14/h1,3-4,7H,2,5-6H2,(H,19,23)(H,20,21,22). The van der Waals surface area contributed by atoms with Crippen LogP contribution in [0.3, 0.4) is 0 Å². The molecule has 25 heavy (non-hydrogen) atoms. The third kappa shape index (κ3) is 4.27. The molecule has 0 unspecified atom stereocenters. The van der Waals surface area contributed by atoms with Gasteiger partial charge >= 0.3 is 6.36 Å². The summed E-state index contributed by atoms with van der Waals surface area (Å²) in [6, 6.07) is 4.71. The van der Waals surface area contributed by atoms with Crippen molar-refractivity contribution in [2.75, 3.05) is 11.9 Å². The molecular formula is C15H12F3N3O3S. The Kier molecular flexibility index (Phi) is 4.62. The summed E-state index contributed by atoms with van der Waals surface area (Å²) in [6.45, 7) is 0.565. The zero-order valence-corrected chi connectivity index (χ0v) is 13.5. The Morgan fingerprint density at radius 1 is 1.36 bits per heavy atom. The second-order valence-electron chi connectivity index (χ2n) is 5.18. The SMILES string of the molecule is O=C(Nc1nc2c(s1)C(=O)NCCC2)c1cccc(OC(F)(F)F)c1. The highest BCUT2D eigenvalue weighted by molar-refractivity contribution is 7.17. The van der Waals surface area contributed by atoms with Crippen LogP contribution in [-0.2, 0) is 6.42 Å². The maximum absolute atomic E-state index is 12.3. The van der Waals surface area contributed by atoms with Crippen molar-refractivity contribution < 1.29 is 27.5 Å². The van der Waals surface area contributed by atoms with Crippen LogP contribution in [0, 0.1) is 0 Å². The largest absolute Gasteiger partial charge is 0.573 e. The summed E-state index contributed by atoms with van der Waals surface area (Å²) in [5.41, 5.74) is 0.584. The number of nitrogens with zero attached hydrogens (tertiary/aromatic N) is 1. The number of amides is 2. The minimum atomic E-state index is -4.84. The maximum Gasteiger partial charge on any atom is 0.573 e. The van der Waals surface area contributed by atoms with Gasteiger partial charge in [-0.25, -0.2) is 4.98 Å². The number of carbonyl (C=O) groups excluding carboxylic acids is 2. The van der Waals surface area contributed by atoms with Gasteiger partial charge in [-0.2, -0.15) is 0 Å². The lowest BCUT2D eigenvalue weighted by atomic mass is 10.2. The van der Waals surface area contributed by atoms with E-state index in [-0.39, 0.29) is 16.6 Å². The molecule has 132 valence electrons. The van der Waals surface area contributed by atoms with Gasteiger partial charge in [-0.3, -0.25) is 14.9 Å². The Labute approximate surface area is 144 Å². The molecule has 2 aromatic rings. The molecule has 0 fully saturated rings. The Balaban J connectivity index is 1.76. The quantitative estimate of drug-likeness (QED) is 0.869. The van der Waals surface area contributed by atoms with E-state index in [2.05, 4.69) is 20.4 Å². The molecule has 2 amide bonds. The first kappa shape index (κ1) is 17.2. The highest BCUT2D eigenvalue weighted by Crippen LogP contribution is 2.27. The smallest absolute Gasteiger partial charge is 0.406 e.